The molecule has 3 unspecified atom stereocenters. The minimum atomic E-state index is -0.214. The predicted octanol–water partition coefficient (Wildman–Crippen LogP) is 3.81. The standard InChI is InChI=1S/C21H26BrNO3/c1-26-18-9-16(22)14-8-17-15-5-4-13(24)10-21(15,19(14)20(18)25)6-7-23(17)11-12-2-3-12/h9,12,15,17,25H,2-8,10-11H2,1H3. The smallest absolute Gasteiger partial charge is 0.161 e. The summed E-state index contributed by atoms with van der Waals surface area (Å²) in [5.74, 6) is 2.47. The lowest BCUT2D eigenvalue weighted by atomic mass is 9.52. The number of ether oxygens (including phenoxy) is 1. The van der Waals surface area contributed by atoms with Crippen LogP contribution in [-0.2, 0) is 16.6 Å². The van der Waals surface area contributed by atoms with Crippen molar-refractivity contribution in [3.05, 3.63) is 21.7 Å². The molecule has 1 heterocycles. The summed E-state index contributed by atoms with van der Waals surface area (Å²) in [7, 11) is 1.60. The lowest BCUT2D eigenvalue weighted by Gasteiger charge is -2.58. The Kier molecular flexibility index (Phi) is 3.91. The van der Waals surface area contributed by atoms with Gasteiger partial charge in [0.15, 0.2) is 11.5 Å². The first-order valence-corrected chi connectivity index (χ1v) is 10.7. The van der Waals surface area contributed by atoms with Gasteiger partial charge in [0.1, 0.15) is 5.78 Å². The van der Waals surface area contributed by atoms with Gasteiger partial charge in [0.05, 0.1) is 7.11 Å². The highest BCUT2D eigenvalue weighted by Gasteiger charge is 2.57. The fraction of sp³-hybridized carbons (Fsp3) is 0.667. The van der Waals surface area contributed by atoms with Crippen LogP contribution in [0.2, 0.25) is 0 Å². The molecule has 0 amide bonds. The second-order valence-electron chi connectivity index (χ2n) is 8.74. The van der Waals surface area contributed by atoms with E-state index in [0.29, 0.717) is 36.3 Å². The molecule has 3 atom stereocenters. The van der Waals surface area contributed by atoms with Gasteiger partial charge in [-0.2, -0.15) is 0 Å². The molecule has 26 heavy (non-hydrogen) atoms. The number of piperidine rings is 1. The summed E-state index contributed by atoms with van der Waals surface area (Å²) in [6, 6.07) is 2.38. The molecule has 1 saturated heterocycles. The van der Waals surface area contributed by atoms with E-state index < -0.39 is 0 Å². The number of phenols is 1. The van der Waals surface area contributed by atoms with E-state index in [1.807, 2.05) is 6.07 Å². The molecule has 4 nitrogen and oxygen atoms in total. The molecule has 1 N–H and O–H groups in total. The van der Waals surface area contributed by atoms with E-state index in [1.54, 1.807) is 7.11 Å². The van der Waals surface area contributed by atoms with Crippen molar-refractivity contribution in [1.82, 2.24) is 4.90 Å². The monoisotopic (exact) mass is 419 g/mol. The van der Waals surface area contributed by atoms with Gasteiger partial charge in [-0.05, 0) is 62.1 Å². The van der Waals surface area contributed by atoms with E-state index in [9.17, 15) is 9.90 Å². The van der Waals surface area contributed by atoms with E-state index in [4.69, 9.17) is 4.74 Å². The number of hydrogen-bond acceptors (Lipinski definition) is 4. The zero-order valence-electron chi connectivity index (χ0n) is 15.3. The molecular weight excluding hydrogens is 394 g/mol. The molecule has 0 spiro atoms. The van der Waals surface area contributed by atoms with Crippen LogP contribution in [0.1, 0.15) is 49.7 Å². The maximum absolute atomic E-state index is 12.5. The molecule has 5 heteroatoms. The van der Waals surface area contributed by atoms with Crippen molar-refractivity contribution in [2.24, 2.45) is 11.8 Å². The summed E-state index contributed by atoms with van der Waals surface area (Å²) in [4.78, 5) is 15.2. The van der Waals surface area contributed by atoms with Crippen LogP contribution < -0.4 is 4.74 Å². The van der Waals surface area contributed by atoms with E-state index in [1.165, 1.54) is 24.9 Å². The molecule has 2 bridgehead atoms. The number of likely N-dealkylation sites (tertiary alicyclic amines) is 1. The first-order valence-electron chi connectivity index (χ1n) is 9.88. The Bertz CT molecular complexity index is 775. The fourth-order valence-electron chi connectivity index (χ4n) is 6.05. The number of phenolic OH excluding ortho intramolecular Hbond substituents is 1. The fourth-order valence-corrected chi connectivity index (χ4v) is 6.62. The third-order valence-corrected chi connectivity index (χ3v) is 8.08. The lowest BCUT2D eigenvalue weighted by molar-refractivity contribution is -0.127. The number of aromatic hydroxyl groups is 1. The number of rotatable bonds is 3. The molecular formula is C21H26BrNO3. The maximum Gasteiger partial charge on any atom is 0.161 e. The molecule has 1 aromatic carbocycles. The molecule has 1 aliphatic heterocycles. The molecule has 5 rings (SSSR count). The van der Waals surface area contributed by atoms with Crippen molar-refractivity contribution < 1.29 is 14.6 Å². The minimum absolute atomic E-state index is 0.214. The summed E-state index contributed by atoms with van der Waals surface area (Å²) in [6.07, 6.45) is 6.89. The first kappa shape index (κ1) is 17.1. The molecule has 3 fully saturated rings. The number of methoxy groups -OCH3 is 1. The molecule has 4 aliphatic rings. The molecule has 140 valence electrons. The Balaban J connectivity index is 1.67. The van der Waals surface area contributed by atoms with Gasteiger partial charge in [-0.25, -0.2) is 0 Å². The number of halogens is 1. The van der Waals surface area contributed by atoms with Crippen LogP contribution in [0.3, 0.4) is 0 Å². The van der Waals surface area contributed by atoms with Crippen molar-refractivity contribution in [3.8, 4) is 11.5 Å². The number of Topliss-reactive ketones (excluding diaryl/α,β-unsaturated/α-hetero) is 1. The topological polar surface area (TPSA) is 49.8 Å². The van der Waals surface area contributed by atoms with Crippen molar-refractivity contribution in [1.29, 1.82) is 0 Å². The van der Waals surface area contributed by atoms with Crippen LogP contribution in [0.5, 0.6) is 11.5 Å². The number of carbonyl (C=O) groups excluding carboxylic acids is 1. The molecule has 0 aromatic heterocycles. The summed E-state index contributed by atoms with van der Waals surface area (Å²) < 4.78 is 6.45. The minimum Gasteiger partial charge on any atom is -0.504 e. The first-order chi connectivity index (χ1) is 12.5. The van der Waals surface area contributed by atoms with Crippen LogP contribution in [0.4, 0.5) is 0 Å². The Hall–Kier alpha value is -1.07. The normalized spacial score (nSPS) is 33.5. The van der Waals surface area contributed by atoms with Gasteiger partial charge in [-0.1, -0.05) is 15.9 Å². The van der Waals surface area contributed by atoms with Gasteiger partial charge in [-0.15, -0.1) is 0 Å². The number of ketones is 1. The van der Waals surface area contributed by atoms with Crippen LogP contribution in [0.25, 0.3) is 0 Å². The van der Waals surface area contributed by atoms with Gasteiger partial charge in [0.2, 0.25) is 0 Å². The molecule has 3 aliphatic carbocycles. The summed E-state index contributed by atoms with van der Waals surface area (Å²) in [5, 5.41) is 11.0. The maximum atomic E-state index is 12.5. The van der Waals surface area contributed by atoms with E-state index in [-0.39, 0.29) is 11.2 Å². The number of carbonyl (C=O) groups is 1. The lowest BCUT2D eigenvalue weighted by Crippen LogP contribution is -2.62. The summed E-state index contributed by atoms with van der Waals surface area (Å²) in [5.41, 5.74) is 1.98. The van der Waals surface area contributed by atoms with Crippen molar-refractivity contribution in [2.75, 3.05) is 20.2 Å². The third-order valence-electron chi connectivity index (χ3n) is 7.37. The van der Waals surface area contributed by atoms with E-state index in [0.717, 1.165) is 41.8 Å². The number of benzene rings is 1. The molecule has 0 radical (unpaired) electrons. The highest BCUT2D eigenvalue weighted by Crippen LogP contribution is 2.60. The average molecular weight is 420 g/mol. The quantitative estimate of drug-likeness (QED) is 0.808. The highest BCUT2D eigenvalue weighted by atomic mass is 79.9. The number of nitrogens with zero attached hydrogens (tertiary/aromatic N) is 1. The van der Waals surface area contributed by atoms with Crippen molar-refractivity contribution in [2.45, 2.75) is 56.4 Å². The average Bonchev–Trinajstić information content (AvgIpc) is 3.43. The van der Waals surface area contributed by atoms with Crippen molar-refractivity contribution >= 4 is 21.7 Å². The summed E-state index contributed by atoms with van der Waals surface area (Å²) in [6.45, 7) is 2.25. The second kappa shape index (κ2) is 5.96. The van der Waals surface area contributed by atoms with Crippen LogP contribution in [0, 0.1) is 11.8 Å². The Morgan fingerprint density at radius 2 is 2.19 bits per heavy atom. The molecule has 1 aromatic rings. The van der Waals surface area contributed by atoms with Gasteiger partial charge < -0.3 is 9.84 Å². The van der Waals surface area contributed by atoms with Crippen LogP contribution in [-0.4, -0.2) is 42.0 Å². The Morgan fingerprint density at radius 1 is 1.38 bits per heavy atom. The van der Waals surface area contributed by atoms with Crippen LogP contribution >= 0.6 is 15.9 Å². The predicted molar refractivity (Wildman–Crippen MR) is 103 cm³/mol. The van der Waals surface area contributed by atoms with Gasteiger partial charge in [0.25, 0.3) is 0 Å². The number of fused-ring (bicyclic) bond motifs is 1. The number of hydrogen-bond donors (Lipinski definition) is 1. The summed E-state index contributed by atoms with van der Waals surface area (Å²) >= 11 is 3.73. The van der Waals surface area contributed by atoms with Crippen LogP contribution in [0.15, 0.2) is 10.5 Å². The SMILES string of the molecule is COc1cc(Br)c2c(c1O)C13CCN(CC4CC4)C(C2)C1CCC(=O)C3. The van der Waals surface area contributed by atoms with Crippen molar-refractivity contribution in [3.63, 3.8) is 0 Å². The zero-order valence-corrected chi connectivity index (χ0v) is 16.8. The Labute approximate surface area is 163 Å². The largest absolute Gasteiger partial charge is 0.504 e. The third kappa shape index (κ3) is 2.39. The zero-order chi connectivity index (χ0) is 18.1. The van der Waals surface area contributed by atoms with E-state index in [2.05, 4.69) is 20.8 Å². The van der Waals surface area contributed by atoms with Gasteiger partial charge >= 0.3 is 0 Å². The highest BCUT2D eigenvalue weighted by molar-refractivity contribution is 9.10. The van der Waals surface area contributed by atoms with Gasteiger partial charge in [0, 0.05) is 40.9 Å². The van der Waals surface area contributed by atoms with E-state index >= 15 is 0 Å². The van der Waals surface area contributed by atoms with Gasteiger partial charge in [-0.3, -0.25) is 9.69 Å². The Morgan fingerprint density at radius 3 is 2.92 bits per heavy atom. The molecule has 2 saturated carbocycles. The second-order valence-corrected chi connectivity index (χ2v) is 9.59.